The molecule has 2 aliphatic rings. The van der Waals surface area contributed by atoms with Crippen LogP contribution in [-0.4, -0.2) is 0 Å². The van der Waals surface area contributed by atoms with Crippen molar-refractivity contribution in [3.05, 3.63) is 0 Å². The topological polar surface area (TPSA) is 0 Å². The van der Waals surface area contributed by atoms with E-state index < -0.39 is 0 Å². The Morgan fingerprint density at radius 1 is 0.667 bits per heavy atom. The molecule has 0 saturated heterocycles. The summed E-state index contributed by atoms with van der Waals surface area (Å²) < 4.78 is 0. The van der Waals surface area contributed by atoms with Gasteiger partial charge in [0.05, 0.1) is 0 Å². The second-order valence-electron chi connectivity index (χ2n) is 5.47. The first-order valence-corrected chi connectivity index (χ1v) is 5.61. The summed E-state index contributed by atoms with van der Waals surface area (Å²) in [5, 5.41) is 0. The van der Waals surface area contributed by atoms with Gasteiger partial charge in [0.2, 0.25) is 0 Å². The van der Waals surface area contributed by atoms with Crippen LogP contribution in [-0.2, 0) is 0 Å². The lowest BCUT2D eigenvalue weighted by atomic mass is 9.74. The van der Waals surface area contributed by atoms with Crippen molar-refractivity contribution in [2.45, 2.75) is 40.5 Å². The minimum Gasteiger partial charge on any atom is -0.0622 e. The molecule has 2 aliphatic carbocycles. The third kappa shape index (κ3) is 1.03. The molecule has 0 aromatic heterocycles. The zero-order chi connectivity index (χ0) is 8.88. The molecule has 0 heterocycles. The van der Waals surface area contributed by atoms with Gasteiger partial charge in [0.25, 0.3) is 0 Å². The minimum absolute atomic E-state index is 0.995. The molecular formula is C12H22. The van der Waals surface area contributed by atoms with Crippen LogP contribution in [0.4, 0.5) is 0 Å². The van der Waals surface area contributed by atoms with E-state index in [2.05, 4.69) is 27.7 Å². The van der Waals surface area contributed by atoms with Crippen LogP contribution >= 0.6 is 0 Å². The van der Waals surface area contributed by atoms with Crippen LogP contribution in [0.15, 0.2) is 0 Å². The van der Waals surface area contributed by atoms with Gasteiger partial charge in [-0.15, -0.1) is 0 Å². The first kappa shape index (κ1) is 8.59. The molecule has 0 amide bonds. The van der Waals surface area contributed by atoms with E-state index in [1.54, 1.807) is 0 Å². The normalized spacial score (nSPS) is 59.0. The van der Waals surface area contributed by atoms with Gasteiger partial charge >= 0.3 is 0 Å². The molecule has 70 valence electrons. The highest BCUT2D eigenvalue weighted by Gasteiger charge is 2.46. The van der Waals surface area contributed by atoms with E-state index in [9.17, 15) is 0 Å². The molecule has 2 bridgehead atoms. The molecule has 6 atom stereocenters. The average Bonchev–Trinajstić information content (AvgIpc) is 2.26. The van der Waals surface area contributed by atoms with Gasteiger partial charge in [-0.2, -0.15) is 0 Å². The number of hydrogen-bond acceptors (Lipinski definition) is 0. The molecule has 0 heteroatoms. The smallest absolute Gasteiger partial charge is 0.0357 e. The Morgan fingerprint density at radius 2 is 1.08 bits per heavy atom. The van der Waals surface area contributed by atoms with Crippen LogP contribution in [0.2, 0.25) is 0 Å². The largest absolute Gasteiger partial charge is 0.0622 e. The Morgan fingerprint density at radius 3 is 1.50 bits per heavy atom. The quantitative estimate of drug-likeness (QED) is 0.516. The fraction of sp³-hybridized carbons (Fsp3) is 1.00. The maximum absolute atomic E-state index is 2.48. The van der Waals surface area contributed by atoms with Crippen LogP contribution in [0, 0.1) is 35.5 Å². The van der Waals surface area contributed by atoms with Crippen LogP contribution < -0.4 is 0 Å². The van der Waals surface area contributed by atoms with Crippen molar-refractivity contribution in [2.75, 3.05) is 0 Å². The van der Waals surface area contributed by atoms with Crippen molar-refractivity contribution in [2.24, 2.45) is 35.5 Å². The summed E-state index contributed by atoms with van der Waals surface area (Å²) in [7, 11) is 0. The molecule has 2 saturated carbocycles. The second-order valence-corrected chi connectivity index (χ2v) is 5.47. The lowest BCUT2D eigenvalue weighted by Gasteiger charge is -2.32. The van der Waals surface area contributed by atoms with E-state index in [4.69, 9.17) is 0 Å². The molecular weight excluding hydrogens is 144 g/mol. The Hall–Kier alpha value is 0. The third-order valence-electron chi connectivity index (χ3n) is 4.93. The molecule has 0 aliphatic heterocycles. The highest BCUT2D eigenvalue weighted by Crippen LogP contribution is 2.54. The molecule has 0 spiro atoms. The van der Waals surface area contributed by atoms with E-state index in [0.717, 1.165) is 35.5 Å². The van der Waals surface area contributed by atoms with Crippen molar-refractivity contribution < 1.29 is 0 Å². The first-order chi connectivity index (χ1) is 5.61. The summed E-state index contributed by atoms with van der Waals surface area (Å²) in [6.07, 6.45) is 3.02. The molecule has 6 unspecified atom stereocenters. The predicted molar refractivity (Wildman–Crippen MR) is 52.9 cm³/mol. The van der Waals surface area contributed by atoms with Gasteiger partial charge in [-0.25, -0.2) is 0 Å². The molecule has 2 rings (SSSR count). The molecule has 0 nitrogen and oxygen atoms in total. The van der Waals surface area contributed by atoms with E-state index >= 15 is 0 Å². The Kier molecular flexibility index (Phi) is 1.97. The van der Waals surface area contributed by atoms with E-state index in [1.807, 2.05) is 0 Å². The molecule has 12 heavy (non-hydrogen) atoms. The van der Waals surface area contributed by atoms with Gasteiger partial charge in [0, 0.05) is 0 Å². The van der Waals surface area contributed by atoms with Crippen molar-refractivity contribution >= 4 is 0 Å². The SMILES string of the molecule is CC1CC(C)C2CC1C(C)C2C. The Labute approximate surface area is 76.7 Å². The van der Waals surface area contributed by atoms with Crippen LogP contribution in [0.3, 0.4) is 0 Å². The van der Waals surface area contributed by atoms with Gasteiger partial charge in [-0.3, -0.25) is 0 Å². The lowest BCUT2D eigenvalue weighted by molar-refractivity contribution is 0.181. The highest BCUT2D eigenvalue weighted by atomic mass is 14.5. The second kappa shape index (κ2) is 2.75. The number of fused-ring (bicyclic) bond motifs is 2. The van der Waals surface area contributed by atoms with E-state index in [1.165, 1.54) is 12.8 Å². The summed E-state index contributed by atoms with van der Waals surface area (Å²) in [6.45, 7) is 9.88. The third-order valence-corrected chi connectivity index (χ3v) is 4.93. The van der Waals surface area contributed by atoms with Gasteiger partial charge in [0.15, 0.2) is 0 Å². The maximum atomic E-state index is 2.48. The van der Waals surface area contributed by atoms with Crippen LogP contribution in [0.5, 0.6) is 0 Å². The van der Waals surface area contributed by atoms with Crippen molar-refractivity contribution in [1.29, 1.82) is 0 Å². The van der Waals surface area contributed by atoms with Crippen LogP contribution in [0.1, 0.15) is 40.5 Å². The van der Waals surface area contributed by atoms with Gasteiger partial charge in [-0.05, 0) is 48.3 Å². The standard InChI is InChI=1S/C12H22/c1-7-5-8(2)12-6-11(7)9(3)10(12)4/h7-12H,5-6H2,1-4H3. The highest BCUT2D eigenvalue weighted by molar-refractivity contribution is 4.95. The summed E-state index contributed by atoms with van der Waals surface area (Å²) in [5.41, 5.74) is 0. The van der Waals surface area contributed by atoms with Crippen molar-refractivity contribution in [3.8, 4) is 0 Å². The minimum atomic E-state index is 0.995. The van der Waals surface area contributed by atoms with E-state index in [-0.39, 0.29) is 0 Å². The van der Waals surface area contributed by atoms with Crippen molar-refractivity contribution in [3.63, 3.8) is 0 Å². The number of rotatable bonds is 0. The Bertz CT molecular complexity index is 155. The van der Waals surface area contributed by atoms with E-state index in [0.29, 0.717) is 0 Å². The fourth-order valence-corrected chi connectivity index (χ4v) is 3.96. The molecule has 0 aromatic rings. The summed E-state index contributed by atoms with van der Waals surface area (Å²) >= 11 is 0. The fourth-order valence-electron chi connectivity index (χ4n) is 3.96. The predicted octanol–water partition coefficient (Wildman–Crippen LogP) is 3.57. The molecule has 2 fully saturated rings. The van der Waals surface area contributed by atoms with Crippen LogP contribution in [0.25, 0.3) is 0 Å². The van der Waals surface area contributed by atoms with Gasteiger partial charge in [-0.1, -0.05) is 27.7 Å². The summed E-state index contributed by atoms with van der Waals surface area (Å²) in [5.74, 6) is 6.10. The molecule has 0 aromatic carbocycles. The maximum Gasteiger partial charge on any atom is -0.0357 e. The first-order valence-electron chi connectivity index (χ1n) is 5.61. The average molecular weight is 166 g/mol. The monoisotopic (exact) mass is 166 g/mol. The molecule has 0 radical (unpaired) electrons. The summed E-state index contributed by atoms with van der Waals surface area (Å²) in [6, 6.07) is 0. The van der Waals surface area contributed by atoms with Gasteiger partial charge in [0.1, 0.15) is 0 Å². The summed E-state index contributed by atoms with van der Waals surface area (Å²) in [4.78, 5) is 0. The molecule has 0 N–H and O–H groups in total. The van der Waals surface area contributed by atoms with Gasteiger partial charge < -0.3 is 0 Å². The zero-order valence-corrected chi connectivity index (χ0v) is 8.88. The lowest BCUT2D eigenvalue weighted by Crippen LogP contribution is -2.23. The zero-order valence-electron chi connectivity index (χ0n) is 8.88. The van der Waals surface area contributed by atoms with Crippen molar-refractivity contribution in [1.82, 2.24) is 0 Å². The Balaban J connectivity index is 2.20. The number of hydrogen-bond donors (Lipinski definition) is 0.